The molecular formula is C18H9FeO15. The molecular weight excluding hydrogens is 512 g/mol. The van der Waals surface area contributed by atoms with Crippen molar-refractivity contribution in [3.63, 3.8) is 0 Å². The minimum Gasteiger partial charge on any atom is -0.872 e. The van der Waals surface area contributed by atoms with Crippen molar-refractivity contribution >= 4 is 17.9 Å². The second-order valence-corrected chi connectivity index (χ2v) is 5.26. The second-order valence-electron chi connectivity index (χ2n) is 5.26. The van der Waals surface area contributed by atoms with Gasteiger partial charge in [-0.3, -0.25) is 0 Å². The average Bonchev–Trinajstić information content (AvgIpc) is 2.68. The Morgan fingerprint density at radius 1 is 0.559 bits per heavy atom. The van der Waals surface area contributed by atoms with E-state index in [-0.39, 0.29) is 17.1 Å². The molecule has 0 aliphatic carbocycles. The molecule has 3 N–H and O–H groups in total. The van der Waals surface area contributed by atoms with Gasteiger partial charge in [0.05, 0.1) is 18.8 Å². The first-order valence-corrected chi connectivity index (χ1v) is 7.94. The average molecular weight is 521 g/mol. The molecule has 1 radical (unpaired) electrons. The molecule has 15 nitrogen and oxygen atoms in total. The number of aromatic carboxylic acids is 3. The molecule has 0 aliphatic heterocycles. The Kier molecular flexibility index (Phi) is 11.1. The predicted octanol–water partition coefficient (Wildman–Crippen LogP) is -1.77. The van der Waals surface area contributed by atoms with Gasteiger partial charge in [0.15, 0.2) is 0 Å². The summed E-state index contributed by atoms with van der Waals surface area (Å²) in [7, 11) is 0. The zero-order valence-electron chi connectivity index (χ0n) is 16.1. The van der Waals surface area contributed by atoms with Gasteiger partial charge >= 0.3 is 51.9 Å². The fraction of sp³-hybridized carbons (Fsp3) is 0. The number of carboxylic acids is 3. The van der Waals surface area contributed by atoms with Gasteiger partial charge in [0.25, 0.3) is 0 Å². The SMILES string of the molecule is O=C(O)c1c([O-])ccoc1=O.O=C(O)c1c([O-])ccoc1=O.O=C(O)c1c([O-])ccoc1=O.[Fe+3]. The number of hydrogen-bond donors (Lipinski definition) is 3. The van der Waals surface area contributed by atoms with Crippen LogP contribution in [0.5, 0.6) is 17.2 Å². The van der Waals surface area contributed by atoms with Crippen molar-refractivity contribution in [1.29, 1.82) is 0 Å². The predicted molar refractivity (Wildman–Crippen MR) is 94.1 cm³/mol. The topological polar surface area (TPSA) is 272 Å². The number of carboxylic acid groups (broad SMARTS) is 3. The van der Waals surface area contributed by atoms with Crippen LogP contribution in [0.25, 0.3) is 0 Å². The van der Waals surface area contributed by atoms with Crippen LogP contribution in [0.1, 0.15) is 31.1 Å². The Labute approximate surface area is 195 Å². The maximum absolute atomic E-state index is 10.6. The minimum atomic E-state index is -1.57. The van der Waals surface area contributed by atoms with E-state index in [0.717, 1.165) is 37.0 Å². The summed E-state index contributed by atoms with van der Waals surface area (Å²) in [4.78, 5) is 62.1. The van der Waals surface area contributed by atoms with E-state index in [1.807, 2.05) is 0 Å². The fourth-order valence-electron chi connectivity index (χ4n) is 1.78. The van der Waals surface area contributed by atoms with Crippen LogP contribution >= 0.6 is 0 Å². The van der Waals surface area contributed by atoms with Gasteiger partial charge in [-0.1, -0.05) is 17.2 Å². The number of rotatable bonds is 3. The standard InChI is InChI=1S/3C6H4O5.Fe/c3*7-3-1-2-11-6(10)4(3)5(8)9;/h3*1-2,7H,(H,8,9);/q;;;+3/p-3. The van der Waals surface area contributed by atoms with E-state index in [4.69, 9.17) is 15.3 Å². The minimum absolute atomic E-state index is 0. The third-order valence-corrected chi connectivity index (χ3v) is 3.18. The molecule has 34 heavy (non-hydrogen) atoms. The molecule has 0 fully saturated rings. The molecule has 0 saturated carbocycles. The summed E-state index contributed by atoms with van der Waals surface area (Å²) in [5.74, 6) is -7.21. The van der Waals surface area contributed by atoms with Gasteiger partial charge in [-0.15, -0.1) is 0 Å². The monoisotopic (exact) mass is 521 g/mol. The van der Waals surface area contributed by atoms with Crippen molar-refractivity contribution in [3.05, 3.63) is 84.9 Å². The maximum Gasteiger partial charge on any atom is 3.00 e. The van der Waals surface area contributed by atoms with Crippen molar-refractivity contribution in [2.45, 2.75) is 0 Å². The molecule has 0 spiro atoms. The molecule has 3 aromatic heterocycles. The number of hydrogen-bond acceptors (Lipinski definition) is 12. The first-order valence-electron chi connectivity index (χ1n) is 7.94. The molecule has 3 rings (SSSR count). The van der Waals surface area contributed by atoms with Gasteiger partial charge in [0.1, 0.15) is 16.7 Å². The smallest absolute Gasteiger partial charge is 0.872 e. The van der Waals surface area contributed by atoms with Gasteiger partial charge < -0.3 is 43.9 Å². The molecule has 0 aromatic carbocycles. The van der Waals surface area contributed by atoms with Crippen LogP contribution in [0, 0.1) is 0 Å². The van der Waals surface area contributed by atoms with Crippen LogP contribution in [0.15, 0.2) is 64.6 Å². The molecule has 0 aliphatic rings. The zero-order chi connectivity index (χ0) is 25.3. The van der Waals surface area contributed by atoms with Gasteiger partial charge in [-0.05, 0) is 18.2 Å². The molecule has 3 aromatic rings. The molecule has 0 amide bonds. The molecule has 0 atom stereocenters. The number of carbonyl (C=O) groups is 3. The van der Waals surface area contributed by atoms with Crippen LogP contribution < -0.4 is 32.2 Å². The molecule has 3 heterocycles. The largest absolute Gasteiger partial charge is 3.00 e. The van der Waals surface area contributed by atoms with E-state index in [0.29, 0.717) is 0 Å². The second kappa shape index (κ2) is 12.9. The third kappa shape index (κ3) is 7.70. The van der Waals surface area contributed by atoms with E-state index in [9.17, 15) is 44.1 Å². The van der Waals surface area contributed by atoms with Gasteiger partial charge in [0.2, 0.25) is 0 Å². The van der Waals surface area contributed by atoms with E-state index in [1.54, 1.807) is 0 Å². The van der Waals surface area contributed by atoms with Crippen molar-refractivity contribution in [2.24, 2.45) is 0 Å². The first-order chi connectivity index (χ1) is 15.4. The fourth-order valence-corrected chi connectivity index (χ4v) is 1.78. The van der Waals surface area contributed by atoms with Crippen LogP contribution in [-0.4, -0.2) is 33.2 Å². The van der Waals surface area contributed by atoms with Crippen molar-refractivity contribution in [3.8, 4) is 17.2 Å². The molecule has 0 unspecified atom stereocenters. The Morgan fingerprint density at radius 2 is 0.765 bits per heavy atom. The first kappa shape index (κ1) is 29.2. The third-order valence-electron chi connectivity index (χ3n) is 3.18. The quantitative estimate of drug-likeness (QED) is 0.322. The molecule has 16 heteroatoms. The van der Waals surface area contributed by atoms with Crippen LogP contribution in [-0.2, 0) is 17.1 Å². The van der Waals surface area contributed by atoms with E-state index >= 15 is 0 Å². The van der Waals surface area contributed by atoms with Crippen LogP contribution in [0.3, 0.4) is 0 Å². The van der Waals surface area contributed by atoms with E-state index < -0.39 is 68.7 Å². The Balaban J connectivity index is 0.000000473. The summed E-state index contributed by atoms with van der Waals surface area (Å²) in [6, 6.07) is 2.64. The summed E-state index contributed by atoms with van der Waals surface area (Å²) in [6.07, 6.45) is 2.57. The Hall–Kier alpha value is -4.82. The summed E-state index contributed by atoms with van der Waals surface area (Å²) < 4.78 is 12.5. The summed E-state index contributed by atoms with van der Waals surface area (Å²) >= 11 is 0. The summed E-state index contributed by atoms with van der Waals surface area (Å²) in [6.45, 7) is 0. The van der Waals surface area contributed by atoms with Crippen molar-refractivity contribution in [1.82, 2.24) is 0 Å². The van der Waals surface area contributed by atoms with E-state index in [1.165, 1.54) is 0 Å². The van der Waals surface area contributed by atoms with Crippen molar-refractivity contribution < 1.29 is 75.3 Å². The maximum atomic E-state index is 10.6. The van der Waals surface area contributed by atoms with Gasteiger partial charge in [-0.2, -0.15) is 0 Å². The normalized spacial score (nSPS) is 9.18. The summed E-state index contributed by atoms with van der Waals surface area (Å²) in [5, 5.41) is 56.8. The Morgan fingerprint density at radius 3 is 0.882 bits per heavy atom. The zero-order valence-corrected chi connectivity index (χ0v) is 17.2. The Bertz CT molecular complexity index is 1180. The molecule has 179 valence electrons. The molecule has 0 saturated heterocycles. The summed E-state index contributed by atoms with van der Waals surface area (Å²) in [5.41, 5.74) is -5.92. The van der Waals surface area contributed by atoms with Crippen molar-refractivity contribution in [2.75, 3.05) is 0 Å². The van der Waals surface area contributed by atoms with Crippen LogP contribution in [0.2, 0.25) is 0 Å². The molecule has 0 bridgehead atoms. The van der Waals surface area contributed by atoms with Gasteiger partial charge in [0, 0.05) is 0 Å². The van der Waals surface area contributed by atoms with Crippen LogP contribution in [0.4, 0.5) is 0 Å². The van der Waals surface area contributed by atoms with E-state index in [2.05, 4.69) is 13.3 Å². The van der Waals surface area contributed by atoms with Gasteiger partial charge in [-0.25, -0.2) is 28.8 Å².